The van der Waals surface area contributed by atoms with Gasteiger partial charge in [0.25, 0.3) is 0 Å². The Bertz CT molecular complexity index is 253. The highest BCUT2D eigenvalue weighted by Crippen LogP contribution is 2.30. The molecule has 0 saturated carbocycles. The van der Waals surface area contributed by atoms with Gasteiger partial charge in [0.15, 0.2) is 6.61 Å². The maximum atomic E-state index is 11.7. The van der Waals surface area contributed by atoms with Crippen molar-refractivity contribution in [2.45, 2.75) is 25.6 Å². The molecular formula is C8H15F3N2O2S2. The molecular weight excluding hydrogens is 277 g/mol. The van der Waals surface area contributed by atoms with Gasteiger partial charge in [-0.15, -0.1) is 0 Å². The number of hydrogen-bond donors (Lipinski definition) is 1. The van der Waals surface area contributed by atoms with Gasteiger partial charge in [0, 0.05) is 13.1 Å². The molecule has 0 aromatic carbocycles. The van der Waals surface area contributed by atoms with Crippen LogP contribution in [0.1, 0.15) is 13.3 Å². The first kappa shape index (κ1) is 16.9. The van der Waals surface area contributed by atoms with Crippen LogP contribution in [0.4, 0.5) is 13.2 Å². The van der Waals surface area contributed by atoms with Crippen LogP contribution in [0.3, 0.4) is 0 Å². The first-order chi connectivity index (χ1) is 7.44. The van der Waals surface area contributed by atoms with Gasteiger partial charge in [-0.25, -0.2) is 4.31 Å². The maximum Gasteiger partial charge on any atom is 0.413 e. The summed E-state index contributed by atoms with van der Waals surface area (Å²) < 4.78 is 40.9. The third kappa shape index (κ3) is 7.02. The molecule has 0 aliphatic carbocycles. The zero-order chi connectivity index (χ0) is 12.2. The summed E-state index contributed by atoms with van der Waals surface area (Å²) in [5.74, 6) is -0.162. The van der Waals surface area contributed by atoms with Crippen molar-refractivity contribution in [3.05, 3.63) is 0 Å². The molecule has 4 nitrogen and oxygen atoms in total. The molecule has 17 heavy (non-hydrogen) atoms. The fraction of sp³-hybridized carbons (Fsp3) is 0.875. The number of alkyl halides is 3. The van der Waals surface area contributed by atoms with E-state index in [4.69, 9.17) is 0 Å². The zero-order valence-corrected chi connectivity index (χ0v) is 11.0. The number of rotatable bonds is 6. The average Bonchev–Trinajstić information content (AvgIpc) is 2.91. The van der Waals surface area contributed by atoms with Gasteiger partial charge in [-0.05, 0) is 6.42 Å². The molecule has 0 bridgehead atoms. The maximum absolute atomic E-state index is 11.7. The van der Waals surface area contributed by atoms with Crippen LogP contribution in [-0.4, -0.2) is 42.1 Å². The van der Waals surface area contributed by atoms with E-state index in [0.29, 0.717) is 25.3 Å². The van der Waals surface area contributed by atoms with Crippen LogP contribution in [0, 0.1) is 0 Å². The topological polar surface area (TPSA) is 41.3 Å². The van der Waals surface area contributed by atoms with Gasteiger partial charge in [-0.3, -0.25) is 8.98 Å². The van der Waals surface area contributed by atoms with Crippen LogP contribution in [0.2, 0.25) is 0 Å². The number of hydrogen-bond acceptors (Lipinski definition) is 4. The normalized spacial score (nSPS) is 22.8. The summed E-state index contributed by atoms with van der Waals surface area (Å²) >= 11 is 0.592. The van der Waals surface area contributed by atoms with Crippen LogP contribution in [0.25, 0.3) is 0 Å². The molecule has 1 N–H and O–H groups in total. The van der Waals surface area contributed by atoms with Gasteiger partial charge in [0.05, 0.1) is 12.2 Å². The summed E-state index contributed by atoms with van der Waals surface area (Å²) in [6.45, 7) is 1.62. The molecule has 2 unspecified atom stereocenters. The van der Waals surface area contributed by atoms with Crippen LogP contribution in [0.5, 0.6) is 0 Å². The number of nitrogens with one attached hydrogen (secondary N) is 1. The standard InChI is InChI=1S/C8H13F3N2O2S.H2S/c1-2-3-12-7(14)6-4-13(6)16-15-5-8(9,10)11;/h6H,2-5H2,1H3,(H,12,14);1H2. The Labute approximate surface area is 109 Å². The Morgan fingerprint density at radius 2 is 2.24 bits per heavy atom. The number of carbonyl (C=O) groups excluding carboxylic acids is 1. The second-order valence-corrected chi connectivity index (χ2v) is 4.21. The van der Waals surface area contributed by atoms with Crippen molar-refractivity contribution in [2.24, 2.45) is 0 Å². The quantitative estimate of drug-likeness (QED) is 0.457. The molecule has 1 amide bonds. The van der Waals surface area contributed by atoms with Gasteiger partial charge in [-0.1, -0.05) is 6.92 Å². The minimum atomic E-state index is -4.33. The van der Waals surface area contributed by atoms with Gasteiger partial charge in [0.2, 0.25) is 5.91 Å². The fourth-order valence-corrected chi connectivity index (χ4v) is 1.67. The zero-order valence-electron chi connectivity index (χ0n) is 9.21. The predicted molar refractivity (Wildman–Crippen MR) is 63.8 cm³/mol. The third-order valence-electron chi connectivity index (χ3n) is 1.79. The molecule has 0 spiro atoms. The molecule has 1 rings (SSSR count). The van der Waals surface area contributed by atoms with Crippen LogP contribution >= 0.6 is 25.7 Å². The largest absolute Gasteiger partial charge is 0.413 e. The number of carbonyl (C=O) groups is 1. The second kappa shape index (κ2) is 7.34. The van der Waals surface area contributed by atoms with Crippen LogP contribution < -0.4 is 5.32 Å². The van der Waals surface area contributed by atoms with Crippen molar-refractivity contribution in [3.8, 4) is 0 Å². The highest BCUT2D eigenvalue weighted by molar-refractivity contribution is 7.92. The molecule has 1 heterocycles. The van der Waals surface area contributed by atoms with E-state index in [1.165, 1.54) is 4.31 Å². The van der Waals surface area contributed by atoms with Crippen molar-refractivity contribution in [3.63, 3.8) is 0 Å². The molecule has 1 aliphatic heterocycles. The first-order valence-electron chi connectivity index (χ1n) is 4.84. The monoisotopic (exact) mass is 292 g/mol. The number of amides is 1. The first-order valence-corrected chi connectivity index (χ1v) is 5.54. The smallest absolute Gasteiger partial charge is 0.355 e. The van der Waals surface area contributed by atoms with E-state index in [1.807, 2.05) is 6.92 Å². The summed E-state index contributed by atoms with van der Waals surface area (Å²) in [6, 6.07) is -0.357. The lowest BCUT2D eigenvalue weighted by atomic mass is 10.4. The Morgan fingerprint density at radius 3 is 2.76 bits per heavy atom. The van der Waals surface area contributed by atoms with Crippen molar-refractivity contribution >= 4 is 31.6 Å². The minimum absolute atomic E-state index is 0. The second-order valence-electron chi connectivity index (χ2n) is 3.36. The summed E-state index contributed by atoms with van der Waals surface area (Å²) in [6.07, 6.45) is -3.50. The molecule has 0 radical (unpaired) electrons. The average molecular weight is 292 g/mol. The van der Waals surface area contributed by atoms with Gasteiger partial charge in [-0.2, -0.15) is 26.7 Å². The number of nitrogens with zero attached hydrogens (tertiary/aromatic N) is 1. The molecule has 1 saturated heterocycles. The van der Waals surface area contributed by atoms with Gasteiger partial charge >= 0.3 is 6.18 Å². The molecule has 0 aromatic rings. The predicted octanol–water partition coefficient (Wildman–Crippen LogP) is 1.45. The number of halogens is 3. The van der Waals surface area contributed by atoms with E-state index in [2.05, 4.69) is 9.50 Å². The van der Waals surface area contributed by atoms with Crippen molar-refractivity contribution in [1.29, 1.82) is 0 Å². The van der Waals surface area contributed by atoms with E-state index in [9.17, 15) is 18.0 Å². The Hall–Kier alpha value is -0.120. The Balaban J connectivity index is 0.00000256. The molecule has 1 aliphatic rings. The lowest BCUT2D eigenvalue weighted by Gasteiger charge is -2.06. The summed E-state index contributed by atoms with van der Waals surface area (Å²) in [5, 5.41) is 2.66. The summed E-state index contributed by atoms with van der Waals surface area (Å²) in [4.78, 5) is 11.3. The van der Waals surface area contributed by atoms with Crippen LogP contribution in [-0.2, 0) is 8.98 Å². The van der Waals surface area contributed by atoms with E-state index in [1.54, 1.807) is 0 Å². The van der Waals surface area contributed by atoms with Crippen molar-refractivity contribution in [2.75, 3.05) is 19.7 Å². The minimum Gasteiger partial charge on any atom is -0.355 e. The summed E-state index contributed by atoms with van der Waals surface area (Å²) in [5.41, 5.74) is 0. The molecule has 0 aromatic heterocycles. The fourth-order valence-electron chi connectivity index (χ4n) is 0.946. The molecule has 2 atom stereocenters. The lowest BCUT2D eigenvalue weighted by Crippen LogP contribution is -2.29. The van der Waals surface area contributed by atoms with E-state index < -0.39 is 12.8 Å². The van der Waals surface area contributed by atoms with E-state index in [-0.39, 0.29) is 25.4 Å². The third-order valence-corrected chi connectivity index (χ3v) is 2.61. The lowest BCUT2D eigenvalue weighted by molar-refractivity contribution is -0.150. The molecule has 102 valence electrons. The van der Waals surface area contributed by atoms with Gasteiger partial charge in [0.1, 0.15) is 6.04 Å². The van der Waals surface area contributed by atoms with E-state index >= 15 is 0 Å². The van der Waals surface area contributed by atoms with Crippen molar-refractivity contribution in [1.82, 2.24) is 9.62 Å². The van der Waals surface area contributed by atoms with Crippen LogP contribution in [0.15, 0.2) is 0 Å². The SMILES string of the molecule is CCCNC(=O)C1CN1SOCC(F)(F)F.S. The van der Waals surface area contributed by atoms with Crippen molar-refractivity contribution < 1.29 is 22.1 Å². The molecule has 1 fully saturated rings. The highest BCUT2D eigenvalue weighted by Gasteiger charge is 2.42. The van der Waals surface area contributed by atoms with Gasteiger partial charge < -0.3 is 5.32 Å². The molecule has 9 heteroatoms. The summed E-state index contributed by atoms with van der Waals surface area (Å²) in [7, 11) is 0. The Kier molecular flexibility index (Phi) is 7.29. The highest BCUT2D eigenvalue weighted by atomic mass is 32.2. The van der Waals surface area contributed by atoms with E-state index in [0.717, 1.165) is 6.42 Å². The Morgan fingerprint density at radius 1 is 1.59 bits per heavy atom.